The molecule has 9 aromatic carbocycles. The Kier molecular flexibility index (Phi) is 7.55. The molecule has 0 saturated heterocycles. The Hall–Kier alpha value is -7.16. The molecule has 0 N–H and O–H groups in total. The highest BCUT2D eigenvalue weighted by atomic mass is 15.1. The van der Waals surface area contributed by atoms with Crippen LogP contribution < -0.4 is 4.90 Å². The van der Waals surface area contributed by atoms with Gasteiger partial charge in [-0.3, -0.25) is 0 Å². The summed E-state index contributed by atoms with van der Waals surface area (Å²) < 4.78 is 2.42. The molecule has 1 aliphatic carbocycles. The van der Waals surface area contributed by atoms with Crippen molar-refractivity contribution in [1.29, 1.82) is 0 Å². The molecule has 1 heterocycles. The molecule has 0 fully saturated rings. The summed E-state index contributed by atoms with van der Waals surface area (Å²) in [5, 5.41) is 5.11. The summed E-state index contributed by atoms with van der Waals surface area (Å²) in [4.78, 5) is 2.38. The third-order valence-electron chi connectivity index (χ3n) is 12.2. The highest BCUT2D eigenvalue weighted by Crippen LogP contribution is 2.50. The summed E-state index contributed by atoms with van der Waals surface area (Å²) in [6, 6.07) is 75.4. The van der Waals surface area contributed by atoms with E-state index in [1.807, 2.05) is 0 Å². The van der Waals surface area contributed by atoms with Gasteiger partial charge in [0, 0.05) is 38.9 Å². The fraction of sp³-hybridized carbons (Fsp3) is 0.0545. The van der Waals surface area contributed by atoms with Gasteiger partial charge in [0.2, 0.25) is 0 Å². The number of nitrogens with zero attached hydrogens (tertiary/aromatic N) is 2. The van der Waals surface area contributed by atoms with Crippen LogP contribution in [0.1, 0.15) is 25.0 Å². The first-order valence-corrected chi connectivity index (χ1v) is 19.9. The van der Waals surface area contributed by atoms with Crippen molar-refractivity contribution in [3.63, 3.8) is 0 Å². The summed E-state index contributed by atoms with van der Waals surface area (Å²) in [7, 11) is 0. The maximum Gasteiger partial charge on any atom is 0.0547 e. The van der Waals surface area contributed by atoms with Crippen molar-refractivity contribution in [3.05, 3.63) is 217 Å². The molecular weight excluding hydrogens is 689 g/mol. The van der Waals surface area contributed by atoms with Gasteiger partial charge in [-0.2, -0.15) is 0 Å². The number of anilines is 3. The maximum atomic E-state index is 2.42. The molecule has 0 bridgehead atoms. The van der Waals surface area contributed by atoms with Gasteiger partial charge in [-0.05, 0) is 116 Å². The predicted molar refractivity (Wildman–Crippen MR) is 241 cm³/mol. The number of fused-ring (bicyclic) bond motifs is 8. The second-order valence-corrected chi connectivity index (χ2v) is 15.7. The zero-order chi connectivity index (χ0) is 38.1. The molecule has 1 aliphatic rings. The molecule has 0 atom stereocenters. The Bertz CT molecular complexity index is 3120. The van der Waals surface area contributed by atoms with Crippen LogP contribution in [0.15, 0.2) is 206 Å². The number of para-hydroxylation sites is 2. The van der Waals surface area contributed by atoms with Gasteiger partial charge in [-0.15, -0.1) is 0 Å². The molecule has 2 heteroatoms. The lowest BCUT2D eigenvalue weighted by molar-refractivity contribution is 0.660. The molecule has 1 aromatic heterocycles. The molecule has 0 saturated carbocycles. The van der Waals surface area contributed by atoms with Gasteiger partial charge in [-0.1, -0.05) is 159 Å². The van der Waals surface area contributed by atoms with Crippen molar-refractivity contribution in [2.45, 2.75) is 19.3 Å². The Morgan fingerprint density at radius 2 is 1.00 bits per heavy atom. The highest BCUT2D eigenvalue weighted by molar-refractivity contribution is 6.24. The molecule has 0 radical (unpaired) electrons. The van der Waals surface area contributed by atoms with E-state index >= 15 is 0 Å². The Balaban J connectivity index is 0.971. The van der Waals surface area contributed by atoms with E-state index in [0.717, 1.165) is 22.7 Å². The first-order chi connectivity index (χ1) is 28.0. The molecule has 57 heavy (non-hydrogen) atoms. The third kappa shape index (κ3) is 5.25. The van der Waals surface area contributed by atoms with E-state index < -0.39 is 0 Å². The summed E-state index contributed by atoms with van der Waals surface area (Å²) in [6.45, 7) is 4.69. The zero-order valence-electron chi connectivity index (χ0n) is 32.0. The second-order valence-electron chi connectivity index (χ2n) is 15.7. The van der Waals surface area contributed by atoms with Crippen LogP contribution in [0.2, 0.25) is 0 Å². The van der Waals surface area contributed by atoms with Crippen LogP contribution in [0.3, 0.4) is 0 Å². The molecule has 270 valence electrons. The van der Waals surface area contributed by atoms with E-state index in [-0.39, 0.29) is 5.41 Å². The van der Waals surface area contributed by atoms with E-state index in [1.54, 1.807) is 0 Å². The van der Waals surface area contributed by atoms with E-state index in [2.05, 4.69) is 230 Å². The van der Waals surface area contributed by atoms with Crippen molar-refractivity contribution >= 4 is 49.6 Å². The van der Waals surface area contributed by atoms with Crippen LogP contribution in [-0.4, -0.2) is 4.57 Å². The summed E-state index contributed by atoms with van der Waals surface area (Å²) in [5.41, 5.74) is 17.2. The van der Waals surface area contributed by atoms with Crippen LogP contribution in [0.25, 0.3) is 71.6 Å². The lowest BCUT2D eigenvalue weighted by Gasteiger charge is -2.28. The second kappa shape index (κ2) is 13.0. The van der Waals surface area contributed by atoms with Crippen LogP contribution in [-0.2, 0) is 5.41 Å². The quantitative estimate of drug-likeness (QED) is 0.165. The minimum atomic E-state index is -0.0710. The third-order valence-corrected chi connectivity index (χ3v) is 12.2. The molecular formula is C55H40N2. The van der Waals surface area contributed by atoms with E-state index in [4.69, 9.17) is 0 Å². The highest BCUT2D eigenvalue weighted by Gasteiger charge is 2.35. The molecule has 11 rings (SSSR count). The average molecular weight is 729 g/mol. The molecule has 2 nitrogen and oxygen atoms in total. The van der Waals surface area contributed by atoms with Crippen LogP contribution in [0.4, 0.5) is 17.1 Å². The van der Waals surface area contributed by atoms with Gasteiger partial charge in [0.25, 0.3) is 0 Å². The molecule has 0 spiro atoms. The lowest BCUT2D eigenvalue weighted by atomic mass is 9.82. The molecule has 0 amide bonds. The zero-order valence-corrected chi connectivity index (χ0v) is 32.0. The maximum absolute atomic E-state index is 2.42. The molecule has 10 aromatic rings. The number of hydrogen-bond donors (Lipinski definition) is 0. The Morgan fingerprint density at radius 1 is 0.386 bits per heavy atom. The van der Waals surface area contributed by atoms with Crippen molar-refractivity contribution in [3.8, 4) is 39.1 Å². The smallest absolute Gasteiger partial charge is 0.0547 e. The fourth-order valence-electron chi connectivity index (χ4n) is 9.43. The van der Waals surface area contributed by atoms with Gasteiger partial charge in [0.1, 0.15) is 0 Å². The topological polar surface area (TPSA) is 8.17 Å². The number of rotatable bonds is 6. The summed E-state index contributed by atoms with van der Waals surface area (Å²) in [5.74, 6) is 0. The summed E-state index contributed by atoms with van der Waals surface area (Å²) >= 11 is 0. The monoisotopic (exact) mass is 728 g/mol. The van der Waals surface area contributed by atoms with Gasteiger partial charge in [0.15, 0.2) is 0 Å². The van der Waals surface area contributed by atoms with Gasteiger partial charge in [-0.25, -0.2) is 0 Å². The number of benzene rings is 9. The number of hydrogen-bond acceptors (Lipinski definition) is 1. The minimum Gasteiger partial charge on any atom is -0.310 e. The number of aromatic nitrogens is 1. The van der Waals surface area contributed by atoms with Crippen molar-refractivity contribution < 1.29 is 0 Å². The van der Waals surface area contributed by atoms with Crippen LogP contribution in [0, 0.1) is 0 Å². The summed E-state index contributed by atoms with van der Waals surface area (Å²) in [6.07, 6.45) is 0. The lowest BCUT2D eigenvalue weighted by Crippen LogP contribution is -2.16. The largest absolute Gasteiger partial charge is 0.310 e. The first-order valence-electron chi connectivity index (χ1n) is 19.9. The van der Waals surface area contributed by atoms with E-state index in [9.17, 15) is 0 Å². The molecule has 0 unspecified atom stereocenters. The normalized spacial score (nSPS) is 12.9. The van der Waals surface area contributed by atoms with Crippen molar-refractivity contribution in [2.75, 3.05) is 4.90 Å². The first kappa shape index (κ1) is 33.2. The SMILES string of the molecule is CC1(C)c2ccccc2-c2ccc(N(c3ccccc3)c3ccc(-c4ccc(-n5c6ccccc6c6c7c(-c8ccccc8)cccc7ccc65)cc4)cc3)cc21. The van der Waals surface area contributed by atoms with E-state index in [0.29, 0.717) is 0 Å². The predicted octanol–water partition coefficient (Wildman–Crippen LogP) is 15.0. The standard InChI is InChI=1S/C55H40N2/c1-55(2)49-22-11-9-19-46(49)47-34-33-44(36-50(47)55)56(41-17-7-4-8-18-41)42-29-24-37(25-30-42)38-26-31-43(32-27-38)57-51-23-12-10-20-48(51)54-52(57)35-28-40-16-13-21-45(53(40)54)39-14-5-3-6-15-39/h3-36H,1-2H3. The van der Waals surface area contributed by atoms with Gasteiger partial charge >= 0.3 is 0 Å². The minimum absolute atomic E-state index is 0.0710. The average Bonchev–Trinajstić information content (AvgIpc) is 3.73. The van der Waals surface area contributed by atoms with Crippen LogP contribution >= 0.6 is 0 Å². The Morgan fingerprint density at radius 3 is 1.79 bits per heavy atom. The fourth-order valence-corrected chi connectivity index (χ4v) is 9.43. The van der Waals surface area contributed by atoms with Crippen molar-refractivity contribution in [2.24, 2.45) is 0 Å². The van der Waals surface area contributed by atoms with Gasteiger partial charge in [0.05, 0.1) is 11.0 Å². The van der Waals surface area contributed by atoms with E-state index in [1.165, 1.54) is 77.1 Å². The Labute approximate surface area is 333 Å². The molecule has 0 aliphatic heterocycles. The van der Waals surface area contributed by atoms with Crippen molar-refractivity contribution in [1.82, 2.24) is 4.57 Å². The van der Waals surface area contributed by atoms with Gasteiger partial charge < -0.3 is 9.47 Å². The van der Waals surface area contributed by atoms with Crippen LogP contribution in [0.5, 0.6) is 0 Å².